The van der Waals surface area contributed by atoms with Gasteiger partial charge in [0.2, 0.25) is 0 Å². The fourth-order valence-corrected chi connectivity index (χ4v) is 2.67. The topological polar surface area (TPSA) is 16.4 Å². The van der Waals surface area contributed by atoms with Gasteiger partial charge in [-0.25, -0.2) is 0 Å². The van der Waals surface area contributed by atoms with Crippen molar-refractivity contribution in [3.8, 4) is 0 Å². The summed E-state index contributed by atoms with van der Waals surface area (Å²) in [5.74, 6) is 1.75. The van der Waals surface area contributed by atoms with E-state index in [1.807, 2.05) is 0 Å². The fourth-order valence-electron chi connectivity index (χ4n) is 2.37. The first-order valence-electron chi connectivity index (χ1n) is 5.03. The predicted octanol–water partition coefficient (Wildman–Crippen LogP) is 3.11. The molecule has 0 amide bonds. The monoisotopic (exact) mass is 253 g/mol. The van der Waals surface area contributed by atoms with Crippen LogP contribution in [0.4, 0.5) is 0 Å². The maximum Gasteiger partial charge on any atom is 0.132 e. The van der Waals surface area contributed by atoms with Crippen LogP contribution in [0.5, 0.6) is 0 Å². The first kappa shape index (κ1) is 8.60. The largest absolute Gasteiger partial charge is 0.463 e. The summed E-state index contributed by atoms with van der Waals surface area (Å²) >= 11 is 3.42. The molecular formula is C11H12BrNO. The van der Waals surface area contributed by atoms with E-state index < -0.39 is 0 Å². The molecule has 4 rings (SSSR count). The Morgan fingerprint density at radius 3 is 2.64 bits per heavy atom. The molecule has 1 fully saturated rings. The molecule has 0 aromatic carbocycles. The zero-order valence-electron chi connectivity index (χ0n) is 7.87. The van der Waals surface area contributed by atoms with Gasteiger partial charge in [-0.2, -0.15) is 0 Å². The van der Waals surface area contributed by atoms with Gasteiger partial charge >= 0.3 is 0 Å². The third-order valence-electron chi connectivity index (χ3n) is 3.14. The molecule has 0 radical (unpaired) electrons. The molecule has 1 aromatic rings. The number of furan rings is 1. The van der Waals surface area contributed by atoms with E-state index in [4.69, 9.17) is 4.42 Å². The number of piperidine rings is 1. The highest BCUT2D eigenvalue weighted by Gasteiger charge is 2.29. The molecule has 1 aromatic heterocycles. The van der Waals surface area contributed by atoms with Crippen molar-refractivity contribution in [3.63, 3.8) is 0 Å². The molecule has 4 heterocycles. The summed E-state index contributed by atoms with van der Waals surface area (Å²) in [6, 6.07) is 2.06. The minimum atomic E-state index is 0.720. The lowest BCUT2D eigenvalue weighted by Gasteiger charge is -2.38. The quantitative estimate of drug-likeness (QED) is 0.765. The third kappa shape index (κ3) is 1.31. The minimum Gasteiger partial charge on any atom is -0.463 e. The van der Waals surface area contributed by atoms with Gasteiger partial charge in [-0.1, -0.05) is 0 Å². The molecular weight excluding hydrogens is 242 g/mol. The molecule has 14 heavy (non-hydrogen) atoms. The van der Waals surface area contributed by atoms with Gasteiger partial charge in [0.15, 0.2) is 0 Å². The lowest BCUT2D eigenvalue weighted by Crippen LogP contribution is -2.35. The molecule has 2 bridgehead atoms. The van der Waals surface area contributed by atoms with Crippen LogP contribution in [0.1, 0.15) is 18.6 Å². The van der Waals surface area contributed by atoms with E-state index in [1.165, 1.54) is 31.5 Å². The number of halogens is 1. The average Bonchev–Trinajstić information content (AvgIpc) is 2.66. The Balaban J connectivity index is 1.99. The van der Waals surface area contributed by atoms with E-state index in [0.29, 0.717) is 0 Å². The molecule has 3 heteroatoms. The van der Waals surface area contributed by atoms with Gasteiger partial charge in [0.1, 0.15) is 12.0 Å². The lowest BCUT2D eigenvalue weighted by atomic mass is 9.85. The maximum absolute atomic E-state index is 5.51. The Labute approximate surface area is 91.7 Å². The van der Waals surface area contributed by atoms with E-state index in [0.717, 1.165) is 16.2 Å². The van der Waals surface area contributed by atoms with Crippen LogP contribution in [0.2, 0.25) is 0 Å². The van der Waals surface area contributed by atoms with Crippen molar-refractivity contribution in [2.75, 3.05) is 13.1 Å². The molecule has 1 saturated heterocycles. The Bertz CT molecular complexity index is 374. The van der Waals surface area contributed by atoms with Gasteiger partial charge in [-0.3, -0.25) is 0 Å². The van der Waals surface area contributed by atoms with E-state index in [9.17, 15) is 0 Å². The third-order valence-corrected chi connectivity index (χ3v) is 3.56. The molecule has 2 nitrogen and oxygen atoms in total. The van der Waals surface area contributed by atoms with Crippen LogP contribution in [0.25, 0.3) is 5.57 Å². The fraction of sp³-hybridized carbons (Fsp3) is 0.455. The highest BCUT2D eigenvalue weighted by Crippen LogP contribution is 2.38. The standard InChI is InChI=1S/C11H12BrNO/c12-9-5-11(14-7-9)10-6-13-3-1-8(10)2-4-13/h5-8H,1-4H2. The van der Waals surface area contributed by atoms with Crippen LogP contribution >= 0.6 is 15.9 Å². The van der Waals surface area contributed by atoms with E-state index >= 15 is 0 Å². The number of rotatable bonds is 1. The number of hydrogen-bond donors (Lipinski definition) is 0. The molecule has 0 unspecified atom stereocenters. The van der Waals surface area contributed by atoms with Crippen LogP contribution in [0.3, 0.4) is 0 Å². The van der Waals surface area contributed by atoms with Crippen LogP contribution in [-0.2, 0) is 0 Å². The van der Waals surface area contributed by atoms with Gasteiger partial charge in [-0.15, -0.1) is 0 Å². The number of hydrogen-bond acceptors (Lipinski definition) is 2. The maximum atomic E-state index is 5.51. The Hall–Kier alpha value is -0.700. The summed E-state index contributed by atoms with van der Waals surface area (Å²) in [5.41, 5.74) is 1.38. The highest BCUT2D eigenvalue weighted by atomic mass is 79.9. The summed E-state index contributed by atoms with van der Waals surface area (Å²) in [6.45, 7) is 2.44. The van der Waals surface area contributed by atoms with Crippen LogP contribution < -0.4 is 0 Å². The van der Waals surface area contributed by atoms with E-state index in [-0.39, 0.29) is 0 Å². The second-order valence-corrected chi connectivity index (χ2v) is 4.94. The lowest BCUT2D eigenvalue weighted by molar-refractivity contribution is 0.249. The second-order valence-electron chi connectivity index (χ2n) is 4.02. The summed E-state index contributed by atoms with van der Waals surface area (Å²) in [6.07, 6.45) is 6.59. The summed E-state index contributed by atoms with van der Waals surface area (Å²) < 4.78 is 6.55. The molecule has 3 aliphatic heterocycles. The molecule has 74 valence electrons. The SMILES string of the molecule is Brc1coc(C2=CN3CCC2CC3)c1. The molecule has 0 saturated carbocycles. The zero-order valence-corrected chi connectivity index (χ0v) is 9.46. The highest BCUT2D eigenvalue weighted by molar-refractivity contribution is 9.10. The van der Waals surface area contributed by atoms with Crippen LogP contribution in [0.15, 0.2) is 27.4 Å². The molecule has 0 spiro atoms. The van der Waals surface area contributed by atoms with Crippen molar-refractivity contribution in [2.24, 2.45) is 5.92 Å². The first-order chi connectivity index (χ1) is 6.83. The van der Waals surface area contributed by atoms with Crippen molar-refractivity contribution >= 4 is 21.5 Å². The van der Waals surface area contributed by atoms with Crippen LogP contribution in [-0.4, -0.2) is 18.0 Å². The van der Waals surface area contributed by atoms with Crippen molar-refractivity contribution in [3.05, 3.63) is 28.8 Å². The van der Waals surface area contributed by atoms with E-state index in [1.54, 1.807) is 6.26 Å². The number of allylic oxidation sites excluding steroid dienone is 1. The summed E-state index contributed by atoms with van der Waals surface area (Å²) in [4.78, 5) is 2.39. The normalized spacial score (nSPS) is 21.5. The van der Waals surface area contributed by atoms with Crippen LogP contribution in [0, 0.1) is 5.92 Å². The van der Waals surface area contributed by atoms with Crippen molar-refractivity contribution in [2.45, 2.75) is 12.8 Å². The Kier molecular flexibility index (Phi) is 1.94. The van der Waals surface area contributed by atoms with E-state index in [2.05, 4.69) is 33.1 Å². The minimum absolute atomic E-state index is 0.720. The Morgan fingerprint density at radius 2 is 2.14 bits per heavy atom. The van der Waals surface area contributed by atoms with Gasteiger partial charge in [-0.05, 0) is 40.8 Å². The summed E-state index contributed by atoms with van der Waals surface area (Å²) in [5, 5.41) is 0. The number of nitrogens with zero attached hydrogens (tertiary/aromatic N) is 1. The number of fused-ring (bicyclic) bond motifs is 2. The Morgan fingerprint density at radius 1 is 1.36 bits per heavy atom. The zero-order chi connectivity index (χ0) is 9.54. The molecule has 3 aliphatic rings. The van der Waals surface area contributed by atoms with Gasteiger partial charge in [0, 0.05) is 24.9 Å². The average molecular weight is 254 g/mol. The second kappa shape index (κ2) is 3.16. The van der Waals surface area contributed by atoms with Gasteiger partial charge < -0.3 is 9.32 Å². The first-order valence-corrected chi connectivity index (χ1v) is 5.82. The molecule has 0 atom stereocenters. The van der Waals surface area contributed by atoms with Crippen molar-refractivity contribution in [1.29, 1.82) is 0 Å². The molecule has 0 N–H and O–H groups in total. The summed E-state index contributed by atoms with van der Waals surface area (Å²) in [7, 11) is 0. The smallest absolute Gasteiger partial charge is 0.132 e. The van der Waals surface area contributed by atoms with Gasteiger partial charge in [0.25, 0.3) is 0 Å². The van der Waals surface area contributed by atoms with Gasteiger partial charge in [0.05, 0.1) is 4.47 Å². The van der Waals surface area contributed by atoms with Crippen molar-refractivity contribution < 1.29 is 4.42 Å². The van der Waals surface area contributed by atoms with Crippen molar-refractivity contribution in [1.82, 2.24) is 4.90 Å². The predicted molar refractivity (Wildman–Crippen MR) is 58.7 cm³/mol. The molecule has 0 aliphatic carbocycles.